The minimum Gasteiger partial charge on any atom is -0.497 e. The molecule has 3 saturated carbocycles. The molecule has 2 aromatic rings. The van der Waals surface area contributed by atoms with Gasteiger partial charge in [-0.25, -0.2) is 32.0 Å². The summed E-state index contributed by atoms with van der Waals surface area (Å²) in [5.74, 6) is -4.44. The Labute approximate surface area is 343 Å². The number of hydrogen-bond donors (Lipinski definition) is 3. The van der Waals surface area contributed by atoms with Crippen molar-refractivity contribution in [2.75, 3.05) is 13.7 Å². The van der Waals surface area contributed by atoms with Crippen molar-refractivity contribution in [1.82, 2.24) is 30.2 Å². The average molecular weight is 847 g/mol. The predicted molar refractivity (Wildman–Crippen MR) is 211 cm³/mol. The third-order valence-electron chi connectivity index (χ3n) is 13.1. The maximum absolute atomic E-state index is 14.9. The summed E-state index contributed by atoms with van der Waals surface area (Å²) < 4.78 is 73.6. The minimum absolute atomic E-state index is 0.164. The van der Waals surface area contributed by atoms with E-state index in [-0.39, 0.29) is 24.4 Å². The van der Waals surface area contributed by atoms with Crippen LogP contribution in [0.15, 0.2) is 18.2 Å². The van der Waals surface area contributed by atoms with E-state index in [1.807, 2.05) is 4.72 Å². The molecule has 8 atom stereocenters. The lowest BCUT2D eigenvalue weighted by atomic mass is 9.85. The molecule has 1 aromatic heterocycles. The fraction of sp³-hybridized carbons (Fsp3) is 0.707. The first-order valence-electron chi connectivity index (χ1n) is 20.7. The van der Waals surface area contributed by atoms with Gasteiger partial charge in [0.1, 0.15) is 41.3 Å². The van der Waals surface area contributed by atoms with Crippen LogP contribution in [0.5, 0.6) is 11.6 Å². The van der Waals surface area contributed by atoms with E-state index in [1.54, 1.807) is 45.9 Å². The van der Waals surface area contributed by atoms with E-state index < -0.39 is 92.4 Å². The molecule has 324 valence electrons. The molecule has 7 rings (SSSR count). The van der Waals surface area contributed by atoms with Crippen molar-refractivity contribution >= 4 is 44.9 Å². The molecule has 2 bridgehead atoms. The van der Waals surface area contributed by atoms with Crippen LogP contribution in [0.25, 0.3) is 11.0 Å². The maximum Gasteiger partial charge on any atom is 0.408 e. The zero-order chi connectivity index (χ0) is 42.7. The fourth-order valence-corrected chi connectivity index (χ4v) is 10.2. The van der Waals surface area contributed by atoms with Gasteiger partial charge in [0.15, 0.2) is 0 Å². The number of ether oxygens (including phenoxy) is 3. The van der Waals surface area contributed by atoms with Gasteiger partial charge in [-0.15, -0.1) is 0 Å². The summed E-state index contributed by atoms with van der Waals surface area (Å²) in [7, 11) is -2.71. The molecule has 3 aliphatic carbocycles. The van der Waals surface area contributed by atoms with Gasteiger partial charge in [0.2, 0.25) is 34.1 Å². The quantitative estimate of drug-likeness (QED) is 0.347. The van der Waals surface area contributed by atoms with Crippen molar-refractivity contribution in [3.63, 3.8) is 0 Å². The summed E-state index contributed by atoms with van der Waals surface area (Å²) in [5, 5.41) is 5.28. The number of aryl methyl sites for hydroxylation is 1. The molecule has 3 N–H and O–H groups in total. The summed E-state index contributed by atoms with van der Waals surface area (Å²) in [6, 6.07) is 2.69. The summed E-state index contributed by atoms with van der Waals surface area (Å²) in [4.78, 5) is 67.7. The third kappa shape index (κ3) is 8.51. The van der Waals surface area contributed by atoms with Gasteiger partial charge in [-0.2, -0.15) is 0 Å². The van der Waals surface area contributed by atoms with Crippen LogP contribution in [-0.4, -0.2) is 102 Å². The van der Waals surface area contributed by atoms with Crippen LogP contribution < -0.4 is 24.8 Å². The van der Waals surface area contributed by atoms with E-state index in [0.29, 0.717) is 48.2 Å². The highest BCUT2D eigenvalue weighted by atomic mass is 32.2. The van der Waals surface area contributed by atoms with E-state index in [2.05, 4.69) is 10.6 Å². The summed E-state index contributed by atoms with van der Waals surface area (Å²) in [6.45, 7) is 8.20. The lowest BCUT2D eigenvalue weighted by Crippen LogP contribution is -2.61. The number of benzene rings is 1. The Balaban J connectivity index is 1.26. The molecule has 8 unspecified atom stereocenters. The molecule has 2 aliphatic heterocycles. The Kier molecular flexibility index (Phi) is 11.5. The summed E-state index contributed by atoms with van der Waals surface area (Å²) in [6.07, 6.45) is 1.49. The minimum atomic E-state index is -4.24. The second-order valence-electron chi connectivity index (χ2n) is 18.4. The van der Waals surface area contributed by atoms with Gasteiger partial charge in [-0.3, -0.25) is 19.1 Å². The number of rotatable bonds is 7. The van der Waals surface area contributed by atoms with Gasteiger partial charge < -0.3 is 29.7 Å². The topological polar surface area (TPSA) is 195 Å². The number of amides is 4. The second-order valence-corrected chi connectivity index (χ2v) is 20.6. The van der Waals surface area contributed by atoms with Gasteiger partial charge in [-0.1, -0.05) is 40.5 Å². The zero-order valence-corrected chi connectivity index (χ0v) is 35.3. The SMILES string of the molecule is COc1ccc2nc3c(nc2c1)OC1CN(C(=O)C(C(C)(C)C)NC(=O)OC2CCCC2CCCCC3)C(C(=O)NC2(C(=O)NS(=O)(=O)C3(C)CC3)CC2C(F)F)C1C. The van der Waals surface area contributed by atoms with Crippen molar-refractivity contribution in [1.29, 1.82) is 0 Å². The van der Waals surface area contributed by atoms with Crippen molar-refractivity contribution < 1.29 is 50.6 Å². The number of methoxy groups -OCH3 is 1. The molecule has 1 aromatic carbocycles. The van der Waals surface area contributed by atoms with Crippen molar-refractivity contribution in [3.8, 4) is 11.6 Å². The van der Waals surface area contributed by atoms with Gasteiger partial charge in [0.25, 0.3) is 5.91 Å². The molecule has 59 heavy (non-hydrogen) atoms. The normalized spacial score (nSPS) is 31.1. The van der Waals surface area contributed by atoms with Crippen LogP contribution in [0.4, 0.5) is 13.6 Å². The predicted octanol–water partition coefficient (Wildman–Crippen LogP) is 4.80. The van der Waals surface area contributed by atoms with Gasteiger partial charge in [0.05, 0.1) is 35.4 Å². The first-order chi connectivity index (χ1) is 27.8. The van der Waals surface area contributed by atoms with Crippen molar-refractivity contribution in [2.24, 2.45) is 23.2 Å². The summed E-state index contributed by atoms with van der Waals surface area (Å²) in [5.41, 5.74) is -1.45. The molecule has 4 fully saturated rings. The van der Waals surface area contributed by atoms with Crippen LogP contribution in [-0.2, 0) is 35.6 Å². The maximum atomic E-state index is 14.9. The molecule has 5 aliphatic rings. The molecule has 18 heteroatoms. The van der Waals surface area contributed by atoms with Crippen LogP contribution >= 0.6 is 0 Å². The standard InChI is InChI=1S/C41H56F2N6O9S/c1-22-30-21-49(31(22)34(50)47-41(20-25(41)33(42)43)37(52)48-59(54,55)40(5)17-18-40)36(51)32(39(2,3)4)46-38(53)58-29-14-10-12-23(29)11-8-7-9-13-27-35(57-30)45-28-19-24(56-6)15-16-26(28)44-27/h15-16,19,22-23,25,29-33H,7-14,17-18,20-21H2,1-6H3,(H,46,53)(H,47,50)(H,48,52). The van der Waals surface area contributed by atoms with Crippen LogP contribution in [0.1, 0.15) is 105 Å². The molecule has 0 spiro atoms. The number of halogens is 2. The number of alkyl halides is 2. The van der Waals surface area contributed by atoms with E-state index in [9.17, 15) is 36.4 Å². The van der Waals surface area contributed by atoms with E-state index in [4.69, 9.17) is 24.2 Å². The monoisotopic (exact) mass is 846 g/mol. The Morgan fingerprint density at radius 3 is 2.41 bits per heavy atom. The number of nitrogens with one attached hydrogen (secondary N) is 3. The van der Waals surface area contributed by atoms with E-state index >= 15 is 0 Å². The lowest BCUT2D eigenvalue weighted by Gasteiger charge is -2.36. The molecular weight excluding hydrogens is 791 g/mol. The number of carbonyl (C=O) groups is 4. The van der Waals surface area contributed by atoms with Gasteiger partial charge in [0, 0.05) is 12.0 Å². The van der Waals surface area contributed by atoms with Gasteiger partial charge in [-0.05, 0) is 88.2 Å². The molecule has 15 nitrogen and oxygen atoms in total. The first kappa shape index (κ1) is 42.8. The average Bonchev–Trinajstić information content (AvgIpc) is 4.02. The Bertz CT molecular complexity index is 2100. The molecular formula is C41H56F2N6O9S. The first-order valence-corrected chi connectivity index (χ1v) is 22.2. The van der Waals surface area contributed by atoms with Crippen LogP contribution in [0.2, 0.25) is 0 Å². The molecule has 3 heterocycles. The zero-order valence-electron chi connectivity index (χ0n) is 34.5. The van der Waals surface area contributed by atoms with Crippen LogP contribution in [0, 0.1) is 23.2 Å². The largest absolute Gasteiger partial charge is 0.497 e. The number of fused-ring (bicyclic) bond motifs is 5. The molecule has 4 amide bonds. The molecule has 0 radical (unpaired) electrons. The highest BCUT2D eigenvalue weighted by Gasteiger charge is 2.67. The Morgan fingerprint density at radius 2 is 1.75 bits per heavy atom. The third-order valence-corrected chi connectivity index (χ3v) is 15.3. The fourth-order valence-electron chi connectivity index (χ4n) is 8.89. The number of sulfonamides is 1. The van der Waals surface area contributed by atoms with Crippen molar-refractivity contribution in [3.05, 3.63) is 23.9 Å². The highest BCUT2D eigenvalue weighted by molar-refractivity contribution is 7.91. The second kappa shape index (κ2) is 15.9. The number of nitrogens with zero attached hydrogens (tertiary/aromatic N) is 3. The molecule has 1 saturated heterocycles. The lowest BCUT2D eigenvalue weighted by molar-refractivity contribution is -0.143. The Hall–Kier alpha value is -4.35. The van der Waals surface area contributed by atoms with Gasteiger partial charge >= 0.3 is 6.09 Å². The Morgan fingerprint density at radius 1 is 1.02 bits per heavy atom. The number of hydrogen-bond acceptors (Lipinski definition) is 11. The number of alkyl carbamates (subject to hydrolysis) is 1. The van der Waals surface area contributed by atoms with Crippen LogP contribution in [0.3, 0.4) is 0 Å². The van der Waals surface area contributed by atoms with E-state index in [0.717, 1.165) is 38.5 Å². The number of carbonyl (C=O) groups excluding carboxylic acids is 4. The van der Waals surface area contributed by atoms with Crippen molar-refractivity contribution in [2.45, 2.75) is 146 Å². The number of aromatic nitrogens is 2. The summed E-state index contributed by atoms with van der Waals surface area (Å²) >= 11 is 0. The van der Waals surface area contributed by atoms with E-state index in [1.165, 1.54) is 18.9 Å². The highest BCUT2D eigenvalue weighted by Crippen LogP contribution is 2.50. The smallest absolute Gasteiger partial charge is 0.408 e.